The van der Waals surface area contributed by atoms with Gasteiger partial charge in [-0.2, -0.15) is 0 Å². The largest absolute Gasteiger partial charge is 0.399 e. The fourth-order valence-electron chi connectivity index (χ4n) is 1.96. The van der Waals surface area contributed by atoms with Crippen molar-refractivity contribution in [1.29, 1.82) is 0 Å². The molecule has 20 heavy (non-hydrogen) atoms. The monoisotopic (exact) mass is 288 g/mol. The lowest BCUT2D eigenvalue weighted by Gasteiger charge is -2.18. The van der Waals surface area contributed by atoms with E-state index in [1.165, 1.54) is 5.56 Å². The third-order valence-corrected chi connectivity index (χ3v) is 3.57. The predicted molar refractivity (Wildman–Crippen MR) is 84.4 cm³/mol. The number of anilines is 2. The Morgan fingerprint density at radius 2 is 1.85 bits per heavy atom. The van der Waals surface area contributed by atoms with Crippen LogP contribution in [0, 0.1) is 0 Å². The number of carbonyl (C=O) groups excluding carboxylic acids is 1. The van der Waals surface area contributed by atoms with Crippen molar-refractivity contribution in [3.8, 4) is 0 Å². The first-order chi connectivity index (χ1) is 9.52. The fourth-order valence-corrected chi connectivity index (χ4v) is 2.23. The maximum absolute atomic E-state index is 12.4. The Balaban J connectivity index is 2.27. The number of carbonyl (C=O) groups is 1. The van der Waals surface area contributed by atoms with Crippen LogP contribution in [0.1, 0.15) is 22.8 Å². The van der Waals surface area contributed by atoms with Gasteiger partial charge in [-0.25, -0.2) is 0 Å². The van der Waals surface area contributed by atoms with Gasteiger partial charge in [0, 0.05) is 18.4 Å². The van der Waals surface area contributed by atoms with Crippen LogP contribution in [-0.2, 0) is 6.42 Å². The average molecular weight is 289 g/mol. The molecular weight excluding hydrogens is 272 g/mol. The normalized spacial score (nSPS) is 10.3. The lowest BCUT2D eigenvalue weighted by Crippen LogP contribution is -2.26. The van der Waals surface area contributed by atoms with Crippen LogP contribution < -0.4 is 10.6 Å². The standard InChI is InChI=1S/C16H17ClN2O/c1-3-11-4-7-13(8-5-11)19(2)16(20)14-9-6-12(18)10-15(14)17/h4-10H,3,18H2,1-2H3. The quantitative estimate of drug-likeness (QED) is 0.874. The smallest absolute Gasteiger partial charge is 0.259 e. The Morgan fingerprint density at radius 3 is 2.40 bits per heavy atom. The molecule has 3 nitrogen and oxygen atoms in total. The van der Waals surface area contributed by atoms with Gasteiger partial charge in [-0.1, -0.05) is 30.7 Å². The molecule has 2 rings (SSSR count). The first-order valence-corrected chi connectivity index (χ1v) is 6.82. The van der Waals surface area contributed by atoms with Gasteiger partial charge in [-0.3, -0.25) is 4.79 Å². The molecule has 2 aromatic rings. The van der Waals surface area contributed by atoms with Gasteiger partial charge >= 0.3 is 0 Å². The first kappa shape index (κ1) is 14.4. The number of nitrogens with zero attached hydrogens (tertiary/aromatic N) is 1. The number of halogens is 1. The molecule has 0 fully saturated rings. The summed E-state index contributed by atoms with van der Waals surface area (Å²) in [6.07, 6.45) is 0.974. The summed E-state index contributed by atoms with van der Waals surface area (Å²) in [6, 6.07) is 12.8. The van der Waals surface area contributed by atoms with Crippen LogP contribution in [-0.4, -0.2) is 13.0 Å². The van der Waals surface area contributed by atoms with Crippen LogP contribution >= 0.6 is 11.6 Å². The van der Waals surface area contributed by atoms with Crippen LogP contribution in [0.5, 0.6) is 0 Å². The van der Waals surface area contributed by atoms with E-state index in [0.29, 0.717) is 16.3 Å². The summed E-state index contributed by atoms with van der Waals surface area (Å²) >= 11 is 6.08. The number of amides is 1. The molecule has 0 aromatic heterocycles. The van der Waals surface area contributed by atoms with Crippen molar-refractivity contribution in [2.45, 2.75) is 13.3 Å². The molecule has 4 heteroatoms. The van der Waals surface area contributed by atoms with E-state index in [1.807, 2.05) is 24.3 Å². The van der Waals surface area contributed by atoms with Crippen molar-refractivity contribution in [2.24, 2.45) is 0 Å². The summed E-state index contributed by atoms with van der Waals surface area (Å²) in [7, 11) is 1.73. The molecular formula is C16H17ClN2O. The Morgan fingerprint density at radius 1 is 1.20 bits per heavy atom. The van der Waals surface area contributed by atoms with Gasteiger partial charge in [0.25, 0.3) is 5.91 Å². The van der Waals surface area contributed by atoms with E-state index < -0.39 is 0 Å². The van der Waals surface area contributed by atoms with Gasteiger partial charge in [0.15, 0.2) is 0 Å². The number of benzene rings is 2. The van der Waals surface area contributed by atoms with Crippen LogP contribution in [0.2, 0.25) is 5.02 Å². The Bertz CT molecular complexity index is 623. The number of hydrogen-bond donors (Lipinski definition) is 1. The molecule has 0 aliphatic heterocycles. The summed E-state index contributed by atoms with van der Waals surface area (Å²) in [5.74, 6) is -0.153. The summed E-state index contributed by atoms with van der Waals surface area (Å²) in [4.78, 5) is 14.0. The number of rotatable bonds is 3. The molecule has 0 aliphatic rings. The fraction of sp³-hybridized carbons (Fsp3) is 0.188. The lowest BCUT2D eigenvalue weighted by molar-refractivity contribution is 0.0993. The summed E-state index contributed by atoms with van der Waals surface area (Å²) in [5.41, 5.74) is 8.70. The molecule has 0 aliphatic carbocycles. The third-order valence-electron chi connectivity index (χ3n) is 3.26. The lowest BCUT2D eigenvalue weighted by atomic mass is 10.1. The van der Waals surface area contributed by atoms with Gasteiger partial charge in [0.1, 0.15) is 0 Å². The highest BCUT2D eigenvalue weighted by molar-refractivity contribution is 6.34. The highest BCUT2D eigenvalue weighted by Crippen LogP contribution is 2.23. The minimum atomic E-state index is -0.153. The van der Waals surface area contributed by atoms with Crippen molar-refractivity contribution in [2.75, 3.05) is 17.7 Å². The molecule has 2 N–H and O–H groups in total. The zero-order valence-electron chi connectivity index (χ0n) is 11.6. The molecule has 2 aromatic carbocycles. The second-order valence-corrected chi connectivity index (χ2v) is 5.03. The van der Waals surface area contributed by atoms with Crippen LogP contribution in [0.15, 0.2) is 42.5 Å². The molecule has 0 bridgehead atoms. The van der Waals surface area contributed by atoms with E-state index in [0.717, 1.165) is 12.1 Å². The van der Waals surface area contributed by atoms with Crippen molar-refractivity contribution < 1.29 is 4.79 Å². The molecule has 0 spiro atoms. The minimum Gasteiger partial charge on any atom is -0.399 e. The van der Waals surface area contributed by atoms with Gasteiger partial charge in [-0.15, -0.1) is 0 Å². The van der Waals surface area contributed by atoms with Crippen LogP contribution in [0.3, 0.4) is 0 Å². The van der Waals surface area contributed by atoms with Crippen molar-refractivity contribution in [3.05, 3.63) is 58.6 Å². The van der Waals surface area contributed by atoms with Crippen molar-refractivity contribution in [3.63, 3.8) is 0 Å². The number of nitrogens with two attached hydrogens (primary N) is 1. The second kappa shape index (κ2) is 5.97. The van der Waals surface area contributed by atoms with E-state index in [4.69, 9.17) is 17.3 Å². The minimum absolute atomic E-state index is 0.153. The van der Waals surface area contributed by atoms with Crippen LogP contribution in [0.25, 0.3) is 0 Å². The number of aryl methyl sites for hydroxylation is 1. The van der Waals surface area contributed by atoms with E-state index in [2.05, 4.69) is 6.92 Å². The van der Waals surface area contributed by atoms with Crippen molar-refractivity contribution >= 4 is 28.9 Å². The Kier molecular flexibility index (Phi) is 4.30. The molecule has 0 atom stereocenters. The summed E-state index contributed by atoms with van der Waals surface area (Å²) in [6.45, 7) is 2.10. The first-order valence-electron chi connectivity index (χ1n) is 6.45. The highest BCUT2D eigenvalue weighted by Gasteiger charge is 2.16. The SMILES string of the molecule is CCc1ccc(N(C)C(=O)c2ccc(N)cc2Cl)cc1. The van der Waals surface area contributed by atoms with Gasteiger partial charge < -0.3 is 10.6 Å². The predicted octanol–water partition coefficient (Wildman–Crippen LogP) is 3.76. The van der Waals surface area contributed by atoms with Gasteiger partial charge in [0.2, 0.25) is 0 Å². The van der Waals surface area contributed by atoms with E-state index in [1.54, 1.807) is 30.1 Å². The van der Waals surface area contributed by atoms with E-state index in [-0.39, 0.29) is 5.91 Å². The topological polar surface area (TPSA) is 46.3 Å². The van der Waals surface area contributed by atoms with Gasteiger partial charge in [0.05, 0.1) is 10.6 Å². The Labute approximate surface area is 124 Å². The maximum Gasteiger partial charge on any atom is 0.259 e. The summed E-state index contributed by atoms with van der Waals surface area (Å²) in [5, 5.41) is 0.368. The molecule has 0 radical (unpaired) electrons. The maximum atomic E-state index is 12.4. The molecule has 0 saturated carbocycles. The molecule has 0 saturated heterocycles. The van der Waals surface area contributed by atoms with E-state index >= 15 is 0 Å². The second-order valence-electron chi connectivity index (χ2n) is 4.62. The zero-order valence-corrected chi connectivity index (χ0v) is 12.3. The molecule has 0 heterocycles. The molecule has 0 unspecified atom stereocenters. The average Bonchev–Trinajstić information content (AvgIpc) is 2.46. The molecule has 1 amide bonds. The van der Waals surface area contributed by atoms with Gasteiger partial charge in [-0.05, 0) is 42.3 Å². The zero-order chi connectivity index (χ0) is 14.7. The number of nitrogen functional groups attached to an aromatic ring is 1. The Hall–Kier alpha value is -2.00. The van der Waals surface area contributed by atoms with E-state index in [9.17, 15) is 4.79 Å². The number of hydrogen-bond acceptors (Lipinski definition) is 2. The third kappa shape index (κ3) is 2.94. The van der Waals surface area contributed by atoms with Crippen molar-refractivity contribution in [1.82, 2.24) is 0 Å². The molecule has 104 valence electrons. The van der Waals surface area contributed by atoms with Crippen LogP contribution in [0.4, 0.5) is 11.4 Å². The highest BCUT2D eigenvalue weighted by atomic mass is 35.5. The summed E-state index contributed by atoms with van der Waals surface area (Å²) < 4.78 is 0.